The Kier molecular flexibility index (Phi) is 6.61. The van der Waals surface area contributed by atoms with Gasteiger partial charge in [-0.15, -0.1) is 0 Å². The summed E-state index contributed by atoms with van der Waals surface area (Å²) in [6.45, 7) is 10.3. The van der Waals surface area contributed by atoms with E-state index in [1.54, 1.807) is 0 Å². The summed E-state index contributed by atoms with van der Waals surface area (Å²) in [5.74, 6) is 0. The first kappa shape index (κ1) is 24.6. The van der Waals surface area contributed by atoms with E-state index in [-0.39, 0.29) is 29.7 Å². The van der Waals surface area contributed by atoms with Crippen molar-refractivity contribution in [1.29, 1.82) is 0 Å². The quantitative estimate of drug-likeness (QED) is 0.304. The summed E-state index contributed by atoms with van der Waals surface area (Å²) in [6.07, 6.45) is 2.13. The normalized spacial score (nSPS) is 20.7. The highest BCUT2D eigenvalue weighted by molar-refractivity contribution is 6.51. The minimum absolute atomic E-state index is 0.120. The summed E-state index contributed by atoms with van der Waals surface area (Å²) >= 11 is 6.32. The van der Waals surface area contributed by atoms with E-state index in [0.717, 1.165) is 31.0 Å². The van der Waals surface area contributed by atoms with Crippen molar-refractivity contribution in [2.45, 2.75) is 76.2 Å². The van der Waals surface area contributed by atoms with Gasteiger partial charge in [-0.2, -0.15) is 0 Å². The monoisotopic (exact) mass is 487 g/mol. The van der Waals surface area contributed by atoms with Crippen LogP contribution in [0.3, 0.4) is 0 Å². The largest absolute Gasteiger partial charge is 0.466 e. The molecule has 1 aliphatic carbocycles. The SMILES string of the molecule is CC1(C)OB(C2(C(c3ccc(Cl)cc3)N(Cc3ccccc3)Cc3ccccc3)CC2)OC1(C)C. The van der Waals surface area contributed by atoms with Crippen molar-refractivity contribution in [3.05, 3.63) is 107 Å². The van der Waals surface area contributed by atoms with E-state index in [1.165, 1.54) is 16.7 Å². The van der Waals surface area contributed by atoms with Crippen molar-refractivity contribution in [2.75, 3.05) is 0 Å². The van der Waals surface area contributed by atoms with Crippen LogP contribution in [0, 0.1) is 0 Å². The Morgan fingerprint density at radius 3 is 1.63 bits per heavy atom. The first-order valence-electron chi connectivity index (χ1n) is 12.6. The van der Waals surface area contributed by atoms with Crippen molar-refractivity contribution in [3.8, 4) is 0 Å². The molecule has 2 fully saturated rings. The first-order chi connectivity index (χ1) is 16.7. The summed E-state index contributed by atoms with van der Waals surface area (Å²) in [5.41, 5.74) is 3.14. The van der Waals surface area contributed by atoms with Crippen LogP contribution in [0.25, 0.3) is 0 Å². The molecule has 1 unspecified atom stereocenters. The van der Waals surface area contributed by atoms with Crippen LogP contribution in [0.2, 0.25) is 10.3 Å². The van der Waals surface area contributed by atoms with Crippen LogP contribution in [-0.2, 0) is 22.4 Å². The lowest BCUT2D eigenvalue weighted by Gasteiger charge is -2.39. The Morgan fingerprint density at radius 1 is 0.743 bits per heavy atom. The summed E-state index contributed by atoms with van der Waals surface area (Å²) in [7, 11) is -0.262. The molecule has 0 N–H and O–H groups in total. The second kappa shape index (κ2) is 9.40. The molecular formula is C30H35BClNO2. The second-order valence-electron chi connectivity index (χ2n) is 11.2. The topological polar surface area (TPSA) is 21.7 Å². The van der Waals surface area contributed by atoms with Gasteiger partial charge in [0.25, 0.3) is 0 Å². The minimum atomic E-state index is -0.360. The Hall–Kier alpha value is -2.11. The zero-order valence-corrected chi connectivity index (χ0v) is 22.0. The highest BCUT2D eigenvalue weighted by Crippen LogP contribution is 2.69. The standard InChI is InChI=1S/C30H35BClNO2/c1-28(2)29(3,4)35-31(34-28)30(19-20-30)27(25-15-17-26(32)18-16-25)33(21-23-11-7-5-8-12-23)22-24-13-9-6-10-14-24/h5-18,27H,19-22H2,1-4H3. The molecule has 5 rings (SSSR count). The van der Waals surface area contributed by atoms with Crippen LogP contribution in [0.15, 0.2) is 84.9 Å². The highest BCUT2D eigenvalue weighted by atomic mass is 35.5. The summed E-state index contributed by atoms with van der Waals surface area (Å²) in [6, 6.07) is 30.0. The fourth-order valence-corrected chi connectivity index (χ4v) is 5.41. The molecular weight excluding hydrogens is 453 g/mol. The number of halogens is 1. The van der Waals surface area contributed by atoms with Gasteiger partial charge in [-0.25, -0.2) is 0 Å². The molecule has 1 saturated heterocycles. The van der Waals surface area contributed by atoms with E-state index in [9.17, 15) is 0 Å². The van der Waals surface area contributed by atoms with E-state index >= 15 is 0 Å². The zero-order chi connectivity index (χ0) is 24.7. The molecule has 182 valence electrons. The van der Waals surface area contributed by atoms with E-state index in [0.29, 0.717) is 0 Å². The van der Waals surface area contributed by atoms with Crippen LogP contribution in [0.4, 0.5) is 0 Å². The molecule has 0 aromatic heterocycles. The van der Waals surface area contributed by atoms with Crippen molar-refractivity contribution >= 4 is 18.7 Å². The second-order valence-corrected chi connectivity index (χ2v) is 11.6. The first-order valence-corrected chi connectivity index (χ1v) is 13.0. The summed E-state index contributed by atoms with van der Waals surface area (Å²) in [5, 5.41) is 0.633. The van der Waals surface area contributed by atoms with Crippen LogP contribution in [0.5, 0.6) is 0 Å². The van der Waals surface area contributed by atoms with Crippen molar-refractivity contribution < 1.29 is 9.31 Å². The lowest BCUT2D eigenvalue weighted by Crippen LogP contribution is -2.41. The van der Waals surface area contributed by atoms with E-state index < -0.39 is 0 Å². The van der Waals surface area contributed by atoms with Crippen LogP contribution in [-0.4, -0.2) is 23.2 Å². The highest BCUT2D eigenvalue weighted by Gasteiger charge is 2.68. The molecule has 1 aliphatic heterocycles. The average Bonchev–Trinajstić information content (AvgIpc) is 3.58. The van der Waals surface area contributed by atoms with Crippen molar-refractivity contribution in [1.82, 2.24) is 4.90 Å². The molecule has 0 amide bonds. The van der Waals surface area contributed by atoms with Crippen LogP contribution in [0.1, 0.15) is 63.3 Å². The van der Waals surface area contributed by atoms with Gasteiger partial charge in [-0.05, 0) is 69.4 Å². The van der Waals surface area contributed by atoms with E-state index in [1.807, 2.05) is 12.1 Å². The third kappa shape index (κ3) is 4.95. The number of benzene rings is 3. The smallest absolute Gasteiger partial charge is 0.403 e. The summed E-state index contributed by atoms with van der Waals surface area (Å²) < 4.78 is 13.4. The number of hydrogen-bond donors (Lipinski definition) is 0. The molecule has 1 heterocycles. The molecule has 0 spiro atoms. The maximum atomic E-state index is 6.69. The van der Waals surface area contributed by atoms with Gasteiger partial charge in [0.2, 0.25) is 0 Å². The van der Waals surface area contributed by atoms with Gasteiger partial charge >= 0.3 is 7.12 Å². The Balaban J connectivity index is 1.58. The summed E-state index contributed by atoms with van der Waals surface area (Å²) in [4.78, 5) is 2.60. The maximum Gasteiger partial charge on any atom is 0.466 e. The number of rotatable bonds is 8. The molecule has 3 aromatic rings. The lowest BCUT2D eigenvalue weighted by molar-refractivity contribution is 0.00578. The third-order valence-electron chi connectivity index (χ3n) is 8.10. The van der Waals surface area contributed by atoms with Crippen LogP contribution < -0.4 is 0 Å². The zero-order valence-electron chi connectivity index (χ0n) is 21.2. The Labute approximate surface area is 215 Å². The molecule has 5 heteroatoms. The number of nitrogens with zero attached hydrogens (tertiary/aromatic N) is 1. The van der Waals surface area contributed by atoms with Gasteiger partial charge < -0.3 is 9.31 Å². The van der Waals surface area contributed by atoms with Crippen molar-refractivity contribution in [3.63, 3.8) is 0 Å². The lowest BCUT2D eigenvalue weighted by atomic mass is 9.61. The molecule has 3 aromatic carbocycles. The Morgan fingerprint density at radius 2 is 1.20 bits per heavy atom. The molecule has 0 radical (unpaired) electrons. The predicted molar refractivity (Wildman–Crippen MR) is 144 cm³/mol. The fraction of sp³-hybridized carbons (Fsp3) is 0.400. The molecule has 2 aliphatic rings. The van der Waals surface area contributed by atoms with E-state index in [2.05, 4.69) is 105 Å². The van der Waals surface area contributed by atoms with Gasteiger partial charge in [0.15, 0.2) is 0 Å². The molecule has 1 atom stereocenters. The molecule has 1 saturated carbocycles. The average molecular weight is 488 g/mol. The predicted octanol–water partition coefficient (Wildman–Crippen LogP) is 7.71. The van der Waals surface area contributed by atoms with Gasteiger partial charge in [0, 0.05) is 29.5 Å². The van der Waals surface area contributed by atoms with Gasteiger partial charge in [0.1, 0.15) is 0 Å². The van der Waals surface area contributed by atoms with Crippen LogP contribution >= 0.6 is 11.6 Å². The maximum absolute atomic E-state index is 6.69. The number of hydrogen-bond acceptors (Lipinski definition) is 3. The molecule has 0 bridgehead atoms. The Bertz CT molecular complexity index is 1070. The fourth-order valence-electron chi connectivity index (χ4n) is 5.29. The van der Waals surface area contributed by atoms with Crippen molar-refractivity contribution in [2.24, 2.45) is 0 Å². The van der Waals surface area contributed by atoms with E-state index in [4.69, 9.17) is 20.9 Å². The van der Waals surface area contributed by atoms with Gasteiger partial charge in [-0.1, -0.05) is 84.4 Å². The minimum Gasteiger partial charge on any atom is -0.403 e. The van der Waals surface area contributed by atoms with Gasteiger partial charge in [-0.3, -0.25) is 4.90 Å². The molecule has 35 heavy (non-hydrogen) atoms. The third-order valence-corrected chi connectivity index (χ3v) is 8.35. The molecule has 3 nitrogen and oxygen atoms in total. The van der Waals surface area contributed by atoms with Gasteiger partial charge in [0.05, 0.1) is 11.2 Å².